The second-order valence-corrected chi connectivity index (χ2v) is 10.5. The van der Waals surface area contributed by atoms with Gasteiger partial charge in [-0.15, -0.1) is 0 Å². The van der Waals surface area contributed by atoms with E-state index in [9.17, 15) is 19.5 Å². The minimum Gasteiger partial charge on any atom is -0.456 e. The number of nitrogens with zero attached hydrogens (tertiary/aromatic N) is 1. The second-order valence-electron chi connectivity index (χ2n) is 10.5. The molecule has 1 heterocycles. The van der Waals surface area contributed by atoms with E-state index < -0.39 is 30.1 Å². The van der Waals surface area contributed by atoms with Crippen molar-refractivity contribution in [2.45, 2.75) is 30.5 Å². The second kappa shape index (κ2) is 13.2. The molecule has 0 unspecified atom stereocenters. The molecule has 0 saturated carbocycles. The van der Waals surface area contributed by atoms with E-state index in [-0.39, 0.29) is 37.0 Å². The third kappa shape index (κ3) is 6.44. The maximum absolute atomic E-state index is 13.6. The van der Waals surface area contributed by atoms with Gasteiger partial charge in [-0.05, 0) is 23.8 Å². The number of rotatable bonds is 9. The molecule has 1 aliphatic heterocycles. The van der Waals surface area contributed by atoms with Gasteiger partial charge in [-0.1, -0.05) is 78.9 Å². The van der Waals surface area contributed by atoms with Gasteiger partial charge in [0, 0.05) is 49.8 Å². The minimum absolute atomic E-state index is 0.0737. The molecule has 0 spiro atoms. The van der Waals surface area contributed by atoms with E-state index in [0.29, 0.717) is 11.1 Å². The van der Waals surface area contributed by atoms with Crippen LogP contribution in [-0.2, 0) is 29.6 Å². The number of hydrogen-bond acceptors (Lipinski definition) is 7. The molecule has 3 aromatic rings. The van der Waals surface area contributed by atoms with Crippen molar-refractivity contribution in [1.29, 1.82) is 0 Å². The first-order valence-corrected chi connectivity index (χ1v) is 14.1. The molecule has 0 bridgehead atoms. The maximum atomic E-state index is 13.6. The molecule has 1 fully saturated rings. The summed E-state index contributed by atoms with van der Waals surface area (Å²) in [5.41, 5.74) is 2.64. The van der Waals surface area contributed by atoms with E-state index in [1.807, 2.05) is 60.7 Å². The van der Waals surface area contributed by atoms with Crippen molar-refractivity contribution in [2.75, 3.05) is 27.2 Å². The van der Waals surface area contributed by atoms with Gasteiger partial charge in [-0.3, -0.25) is 9.59 Å². The predicted octanol–water partition coefficient (Wildman–Crippen LogP) is 3.44. The quantitative estimate of drug-likeness (QED) is 0.294. The first-order valence-electron chi connectivity index (χ1n) is 14.1. The summed E-state index contributed by atoms with van der Waals surface area (Å²) < 4.78 is 19.5. The van der Waals surface area contributed by atoms with Crippen LogP contribution in [0, 0.1) is 0 Å². The Balaban J connectivity index is 1.50. The lowest BCUT2D eigenvalue weighted by Gasteiger charge is -2.31. The van der Waals surface area contributed by atoms with Crippen LogP contribution >= 0.6 is 0 Å². The van der Waals surface area contributed by atoms with Crippen molar-refractivity contribution >= 4 is 23.9 Å². The minimum atomic E-state index is -1.32. The van der Waals surface area contributed by atoms with Gasteiger partial charge in [-0.25, -0.2) is 4.79 Å². The highest BCUT2D eigenvalue weighted by Gasteiger charge is 2.55. The van der Waals surface area contributed by atoms with E-state index in [0.717, 1.165) is 11.1 Å². The van der Waals surface area contributed by atoms with Crippen LogP contribution in [0.2, 0.25) is 0 Å². The highest BCUT2D eigenvalue weighted by Crippen LogP contribution is 2.47. The molecule has 9 nitrogen and oxygen atoms in total. The molecular formula is C34H34N2O7. The van der Waals surface area contributed by atoms with Crippen LogP contribution in [-0.4, -0.2) is 73.3 Å². The maximum Gasteiger partial charge on any atom is 0.339 e. The number of nitrogens with one attached hydrogen (secondary N) is 1. The largest absolute Gasteiger partial charge is 0.456 e. The number of likely N-dealkylation sites (N-methyl/N-ethyl adjacent to an activating group) is 1. The topological polar surface area (TPSA) is 114 Å². The van der Waals surface area contributed by atoms with E-state index >= 15 is 0 Å². The number of fused-ring (bicyclic) bond motifs is 1. The van der Waals surface area contributed by atoms with Crippen LogP contribution < -0.4 is 5.32 Å². The number of amides is 2. The summed E-state index contributed by atoms with van der Waals surface area (Å²) in [7, 11) is 3.28. The zero-order chi connectivity index (χ0) is 30.4. The number of aliphatic hydroxyl groups is 1. The summed E-state index contributed by atoms with van der Waals surface area (Å²) >= 11 is 0. The first-order chi connectivity index (χ1) is 20.8. The number of carbonyl (C=O) groups is 3. The Kier molecular flexibility index (Phi) is 9.16. The summed E-state index contributed by atoms with van der Waals surface area (Å²) in [6.45, 7) is -0.135. The Morgan fingerprint density at radius 2 is 1.58 bits per heavy atom. The average molecular weight is 583 g/mol. The molecule has 2 amide bonds. The summed E-state index contributed by atoms with van der Waals surface area (Å²) in [6, 6.07) is 25.8. The summed E-state index contributed by atoms with van der Waals surface area (Å²) in [5, 5.41) is 11.9. The number of benzene rings is 3. The fraction of sp³-hybridized carbons (Fsp3) is 0.265. The SMILES string of the molecule is CN(C)C(=O)C=Cc1ccccc1C(=O)O[C@@H]1CC(C(=O)NCCO)=C[C@H]2OC(c3ccccc3)(c3ccccc3)O[C@H]21. The monoisotopic (exact) mass is 582 g/mol. The average Bonchev–Trinajstić information content (AvgIpc) is 3.44. The predicted molar refractivity (Wildman–Crippen MR) is 160 cm³/mol. The van der Waals surface area contributed by atoms with Crippen LogP contribution in [0.4, 0.5) is 0 Å². The van der Waals surface area contributed by atoms with Crippen LogP contribution in [0.25, 0.3) is 6.08 Å². The van der Waals surface area contributed by atoms with Crippen molar-refractivity contribution < 1.29 is 33.7 Å². The van der Waals surface area contributed by atoms with Gasteiger partial charge < -0.3 is 29.5 Å². The van der Waals surface area contributed by atoms with Gasteiger partial charge in [0.2, 0.25) is 17.6 Å². The van der Waals surface area contributed by atoms with Crippen molar-refractivity contribution in [2.24, 2.45) is 0 Å². The molecule has 5 rings (SSSR count). The molecule has 222 valence electrons. The fourth-order valence-electron chi connectivity index (χ4n) is 5.21. The van der Waals surface area contributed by atoms with E-state index in [2.05, 4.69) is 5.32 Å². The number of aliphatic hydroxyl groups excluding tert-OH is 1. The molecule has 1 saturated heterocycles. The molecular weight excluding hydrogens is 548 g/mol. The summed E-state index contributed by atoms with van der Waals surface area (Å²) in [6.07, 6.45) is 2.39. The molecule has 0 aromatic heterocycles. The van der Waals surface area contributed by atoms with Gasteiger partial charge in [0.25, 0.3) is 0 Å². The van der Waals surface area contributed by atoms with Crippen molar-refractivity contribution in [1.82, 2.24) is 10.2 Å². The molecule has 2 aliphatic rings. The fourth-order valence-corrected chi connectivity index (χ4v) is 5.21. The Bertz CT molecular complexity index is 1480. The number of ether oxygens (including phenoxy) is 3. The summed E-state index contributed by atoms with van der Waals surface area (Å²) in [4.78, 5) is 40.3. The lowest BCUT2D eigenvalue weighted by atomic mass is 9.91. The Morgan fingerprint density at radius 1 is 0.953 bits per heavy atom. The van der Waals surface area contributed by atoms with Gasteiger partial charge in [0.05, 0.1) is 12.2 Å². The highest BCUT2D eigenvalue weighted by molar-refractivity contribution is 5.97. The standard InChI is InChI=1S/C34H34N2O7/c1-36(2)30(38)18-17-23-11-9-10-16-27(23)33(40)41-28-21-24(32(39)35-19-20-37)22-29-31(28)43-34(42-29,25-12-5-3-6-13-25)26-14-7-4-8-15-26/h3-18,22,28-29,31,37H,19-21H2,1-2H3,(H,35,39)/t28-,29-,31+/m1/s1. The highest BCUT2D eigenvalue weighted by atomic mass is 16.8. The van der Waals surface area contributed by atoms with E-state index in [4.69, 9.17) is 14.2 Å². The summed E-state index contributed by atoms with van der Waals surface area (Å²) in [5.74, 6) is -2.56. The first kappa shape index (κ1) is 29.9. The van der Waals surface area contributed by atoms with Crippen LogP contribution in [0.5, 0.6) is 0 Å². The molecule has 3 atom stereocenters. The molecule has 2 N–H and O–H groups in total. The Hall–Kier alpha value is -4.57. The lowest BCUT2D eigenvalue weighted by Crippen LogP contribution is -2.43. The Morgan fingerprint density at radius 3 is 2.21 bits per heavy atom. The normalized spacial score (nSPS) is 20.6. The number of carbonyl (C=O) groups excluding carboxylic acids is 3. The van der Waals surface area contributed by atoms with Gasteiger partial charge in [-0.2, -0.15) is 0 Å². The van der Waals surface area contributed by atoms with E-state index in [1.165, 1.54) is 11.0 Å². The van der Waals surface area contributed by atoms with Crippen molar-refractivity contribution in [3.05, 3.63) is 125 Å². The smallest absolute Gasteiger partial charge is 0.339 e. The number of esters is 1. The molecule has 9 heteroatoms. The molecule has 1 aliphatic carbocycles. The molecule has 3 aromatic carbocycles. The zero-order valence-electron chi connectivity index (χ0n) is 24.0. The molecule has 43 heavy (non-hydrogen) atoms. The third-order valence-electron chi connectivity index (χ3n) is 7.36. The van der Waals surface area contributed by atoms with Crippen molar-refractivity contribution in [3.8, 4) is 0 Å². The van der Waals surface area contributed by atoms with Gasteiger partial charge >= 0.3 is 5.97 Å². The van der Waals surface area contributed by atoms with Gasteiger partial charge in [0.1, 0.15) is 18.3 Å². The van der Waals surface area contributed by atoms with Crippen molar-refractivity contribution in [3.63, 3.8) is 0 Å². The number of hydrogen-bond donors (Lipinski definition) is 2. The Labute approximate surface area is 250 Å². The van der Waals surface area contributed by atoms with Gasteiger partial charge in [0.15, 0.2) is 0 Å². The molecule has 0 radical (unpaired) electrons. The van der Waals surface area contributed by atoms with E-state index in [1.54, 1.807) is 50.5 Å². The van der Waals surface area contributed by atoms with Crippen LogP contribution in [0.3, 0.4) is 0 Å². The zero-order valence-corrected chi connectivity index (χ0v) is 24.0. The third-order valence-corrected chi connectivity index (χ3v) is 7.36. The van der Waals surface area contributed by atoms with Crippen LogP contribution in [0.15, 0.2) is 103 Å². The van der Waals surface area contributed by atoms with Crippen LogP contribution in [0.1, 0.15) is 33.5 Å². The lowest BCUT2D eigenvalue weighted by molar-refractivity contribution is -0.157.